The van der Waals surface area contributed by atoms with Crippen molar-refractivity contribution in [2.75, 3.05) is 13.6 Å². The van der Waals surface area contributed by atoms with E-state index in [-0.39, 0.29) is 11.7 Å². The van der Waals surface area contributed by atoms with Crippen LogP contribution in [0.25, 0.3) is 11.5 Å². The van der Waals surface area contributed by atoms with E-state index in [0.717, 1.165) is 17.5 Å². The summed E-state index contributed by atoms with van der Waals surface area (Å²) in [5.74, 6) is 0.534. The van der Waals surface area contributed by atoms with Gasteiger partial charge in [0.15, 0.2) is 0 Å². The van der Waals surface area contributed by atoms with Gasteiger partial charge in [0.05, 0.1) is 6.20 Å². The van der Waals surface area contributed by atoms with Crippen LogP contribution < -0.4 is 0 Å². The fraction of sp³-hybridized carbons (Fsp3) is 0.167. The second-order valence-electron chi connectivity index (χ2n) is 5.23. The number of pyridine rings is 1. The molecule has 116 valence electrons. The molecule has 0 saturated carbocycles. The molecule has 0 fully saturated rings. The lowest BCUT2D eigenvalue weighted by Crippen LogP contribution is -2.28. The summed E-state index contributed by atoms with van der Waals surface area (Å²) in [6, 6.07) is 13.4. The minimum absolute atomic E-state index is 0.172. The number of rotatable bonds is 5. The molecule has 0 atom stereocenters. The molecule has 1 amide bonds. The molecular weight excluding hydrogens is 290 g/mol. The highest BCUT2D eigenvalue weighted by Crippen LogP contribution is 2.19. The summed E-state index contributed by atoms with van der Waals surface area (Å²) in [5, 5.41) is 0. The molecule has 5 nitrogen and oxygen atoms in total. The Balaban J connectivity index is 1.65. The molecule has 3 rings (SSSR count). The third-order valence-corrected chi connectivity index (χ3v) is 3.57. The predicted octanol–water partition coefficient (Wildman–Crippen LogP) is 3.05. The Bertz CT molecular complexity index is 769. The number of hydrogen-bond acceptors (Lipinski definition) is 4. The summed E-state index contributed by atoms with van der Waals surface area (Å²) < 4.78 is 5.59. The van der Waals surface area contributed by atoms with Gasteiger partial charge in [-0.2, -0.15) is 0 Å². The first-order valence-electron chi connectivity index (χ1n) is 7.39. The van der Waals surface area contributed by atoms with Gasteiger partial charge in [-0.25, -0.2) is 4.98 Å². The summed E-state index contributed by atoms with van der Waals surface area (Å²) >= 11 is 0. The van der Waals surface area contributed by atoms with Gasteiger partial charge in [0.1, 0.15) is 0 Å². The van der Waals surface area contributed by atoms with Crippen molar-refractivity contribution in [2.45, 2.75) is 6.42 Å². The number of hydrogen-bond donors (Lipinski definition) is 0. The average Bonchev–Trinajstić information content (AvgIpc) is 3.11. The minimum Gasteiger partial charge on any atom is -0.431 e. The van der Waals surface area contributed by atoms with Crippen LogP contribution in [0.4, 0.5) is 0 Å². The number of benzene rings is 1. The third kappa shape index (κ3) is 3.63. The third-order valence-electron chi connectivity index (χ3n) is 3.57. The molecule has 3 aromatic rings. The van der Waals surface area contributed by atoms with E-state index >= 15 is 0 Å². The first kappa shape index (κ1) is 15.0. The van der Waals surface area contributed by atoms with Gasteiger partial charge in [0, 0.05) is 31.5 Å². The average molecular weight is 307 g/mol. The standard InChI is InChI=1S/C18H17N3O2/c1-21(12-9-14-7-10-19-11-8-14)18(22)16-13-20-17(23-16)15-5-3-2-4-6-15/h2-8,10-11,13H,9,12H2,1H3. The summed E-state index contributed by atoms with van der Waals surface area (Å²) in [5.41, 5.74) is 1.99. The molecule has 23 heavy (non-hydrogen) atoms. The zero-order valence-electron chi connectivity index (χ0n) is 12.8. The SMILES string of the molecule is CN(CCc1ccncc1)C(=O)c1cnc(-c2ccccc2)o1. The zero-order chi connectivity index (χ0) is 16.1. The number of oxazole rings is 1. The maximum Gasteiger partial charge on any atom is 0.291 e. The van der Waals surface area contributed by atoms with Crippen LogP contribution in [0.3, 0.4) is 0 Å². The number of likely N-dealkylation sites (N-methyl/N-ethyl adjacent to an activating group) is 1. The van der Waals surface area contributed by atoms with E-state index in [2.05, 4.69) is 9.97 Å². The molecule has 2 heterocycles. The van der Waals surface area contributed by atoms with E-state index in [1.165, 1.54) is 6.20 Å². The molecule has 0 saturated heterocycles. The first-order chi connectivity index (χ1) is 11.2. The molecule has 0 aliphatic carbocycles. The Morgan fingerprint density at radius 1 is 1.13 bits per heavy atom. The van der Waals surface area contributed by atoms with E-state index in [4.69, 9.17) is 4.42 Å². The first-order valence-corrected chi connectivity index (χ1v) is 7.39. The molecule has 0 radical (unpaired) electrons. The fourth-order valence-electron chi connectivity index (χ4n) is 2.22. The van der Waals surface area contributed by atoms with Crippen molar-refractivity contribution in [2.24, 2.45) is 0 Å². The Morgan fingerprint density at radius 3 is 2.61 bits per heavy atom. The van der Waals surface area contributed by atoms with Crippen LogP contribution in [0, 0.1) is 0 Å². The monoisotopic (exact) mass is 307 g/mol. The normalized spacial score (nSPS) is 10.5. The van der Waals surface area contributed by atoms with E-state index in [1.54, 1.807) is 24.3 Å². The maximum absolute atomic E-state index is 12.4. The second-order valence-corrected chi connectivity index (χ2v) is 5.23. The van der Waals surface area contributed by atoms with E-state index in [9.17, 15) is 4.79 Å². The van der Waals surface area contributed by atoms with Gasteiger partial charge in [0.2, 0.25) is 11.7 Å². The Morgan fingerprint density at radius 2 is 1.87 bits per heavy atom. The van der Waals surface area contributed by atoms with Crippen molar-refractivity contribution in [1.82, 2.24) is 14.9 Å². The van der Waals surface area contributed by atoms with Crippen LogP contribution in [0.5, 0.6) is 0 Å². The van der Waals surface area contributed by atoms with Gasteiger partial charge in [0.25, 0.3) is 5.91 Å². The summed E-state index contributed by atoms with van der Waals surface area (Å²) in [7, 11) is 1.76. The lowest BCUT2D eigenvalue weighted by atomic mass is 10.2. The maximum atomic E-state index is 12.4. The van der Waals surface area contributed by atoms with Gasteiger partial charge in [-0.1, -0.05) is 18.2 Å². The minimum atomic E-state index is -0.172. The van der Waals surface area contributed by atoms with Crippen molar-refractivity contribution in [3.8, 4) is 11.5 Å². The van der Waals surface area contributed by atoms with Crippen LogP contribution in [0.15, 0.2) is 65.5 Å². The predicted molar refractivity (Wildman–Crippen MR) is 86.8 cm³/mol. The number of amides is 1. The molecule has 2 aromatic heterocycles. The van der Waals surface area contributed by atoms with Crippen LogP contribution >= 0.6 is 0 Å². The molecule has 1 aromatic carbocycles. The number of carbonyl (C=O) groups excluding carboxylic acids is 1. The van der Waals surface area contributed by atoms with Gasteiger partial charge >= 0.3 is 0 Å². The van der Waals surface area contributed by atoms with E-state index in [1.807, 2.05) is 42.5 Å². The number of aromatic nitrogens is 2. The Labute approximate surface area is 134 Å². The van der Waals surface area contributed by atoms with Crippen LogP contribution in [-0.2, 0) is 6.42 Å². The van der Waals surface area contributed by atoms with Crippen molar-refractivity contribution >= 4 is 5.91 Å². The van der Waals surface area contributed by atoms with Crippen LogP contribution in [0.1, 0.15) is 16.1 Å². The molecule has 0 unspecified atom stereocenters. The molecule has 0 aliphatic heterocycles. The lowest BCUT2D eigenvalue weighted by molar-refractivity contribution is 0.0766. The van der Waals surface area contributed by atoms with E-state index < -0.39 is 0 Å². The van der Waals surface area contributed by atoms with Crippen molar-refractivity contribution in [1.29, 1.82) is 0 Å². The van der Waals surface area contributed by atoms with Crippen molar-refractivity contribution in [3.63, 3.8) is 0 Å². The second kappa shape index (κ2) is 6.87. The summed E-state index contributed by atoms with van der Waals surface area (Å²) in [4.78, 5) is 22.2. The molecule has 0 N–H and O–H groups in total. The molecule has 0 bridgehead atoms. The highest BCUT2D eigenvalue weighted by molar-refractivity contribution is 5.91. The Kier molecular flexibility index (Phi) is 4.47. The molecule has 0 spiro atoms. The van der Waals surface area contributed by atoms with E-state index in [0.29, 0.717) is 12.4 Å². The number of carbonyl (C=O) groups is 1. The summed E-state index contributed by atoms with van der Waals surface area (Å²) in [6.45, 7) is 0.601. The smallest absolute Gasteiger partial charge is 0.291 e. The quantitative estimate of drug-likeness (QED) is 0.727. The highest BCUT2D eigenvalue weighted by Gasteiger charge is 2.17. The number of nitrogens with zero attached hydrogens (tertiary/aromatic N) is 3. The topological polar surface area (TPSA) is 59.2 Å². The van der Waals surface area contributed by atoms with Gasteiger partial charge in [-0.3, -0.25) is 9.78 Å². The van der Waals surface area contributed by atoms with Crippen LogP contribution in [-0.4, -0.2) is 34.4 Å². The van der Waals surface area contributed by atoms with Crippen molar-refractivity contribution < 1.29 is 9.21 Å². The van der Waals surface area contributed by atoms with Gasteiger partial charge < -0.3 is 9.32 Å². The zero-order valence-corrected chi connectivity index (χ0v) is 12.8. The van der Waals surface area contributed by atoms with Gasteiger partial charge in [-0.15, -0.1) is 0 Å². The molecule has 0 aliphatic rings. The van der Waals surface area contributed by atoms with Crippen LogP contribution in [0.2, 0.25) is 0 Å². The lowest BCUT2D eigenvalue weighted by Gasteiger charge is -2.15. The Hall–Kier alpha value is -2.95. The largest absolute Gasteiger partial charge is 0.431 e. The molecule has 5 heteroatoms. The van der Waals surface area contributed by atoms with Gasteiger partial charge in [-0.05, 0) is 36.2 Å². The summed E-state index contributed by atoms with van der Waals surface area (Å²) in [6.07, 6.45) is 5.75. The fourth-order valence-corrected chi connectivity index (χ4v) is 2.22. The highest BCUT2D eigenvalue weighted by atomic mass is 16.4. The van der Waals surface area contributed by atoms with Crippen molar-refractivity contribution in [3.05, 3.63) is 72.4 Å². The molecular formula is C18H17N3O2.